The lowest BCUT2D eigenvalue weighted by atomic mass is 9.85. The summed E-state index contributed by atoms with van der Waals surface area (Å²) in [4.78, 5) is 0. The molecule has 0 unspecified atom stereocenters. The van der Waals surface area contributed by atoms with Crippen LogP contribution in [0.5, 0.6) is 0 Å². The van der Waals surface area contributed by atoms with Crippen molar-refractivity contribution in [1.82, 2.24) is 0 Å². The van der Waals surface area contributed by atoms with Gasteiger partial charge in [0.15, 0.2) is 0 Å². The van der Waals surface area contributed by atoms with Crippen LogP contribution in [0.4, 0.5) is 0 Å². The van der Waals surface area contributed by atoms with Crippen LogP contribution in [0.1, 0.15) is 38.5 Å². The molecule has 0 aliphatic carbocycles. The number of nitrogens with two attached hydrogens (primary N) is 4. The van der Waals surface area contributed by atoms with Gasteiger partial charge in [0.2, 0.25) is 0 Å². The van der Waals surface area contributed by atoms with E-state index in [1.54, 1.807) is 0 Å². The molecule has 0 radical (unpaired) electrons. The molecule has 0 saturated heterocycles. The normalized spacial score (nSPS) is 9.33. The maximum absolute atomic E-state index is 6.29. The highest BCUT2D eigenvalue weighted by Gasteiger charge is 2.22. The van der Waals surface area contributed by atoms with Crippen LogP contribution < -0.4 is 22.9 Å². The van der Waals surface area contributed by atoms with Crippen molar-refractivity contribution in [3.05, 3.63) is 0 Å². The quantitative estimate of drug-likeness (QED) is 0.508. The van der Waals surface area contributed by atoms with Gasteiger partial charge in [-0.2, -0.15) is 0 Å². The third-order valence-corrected chi connectivity index (χ3v) is 2.64. The van der Waals surface area contributed by atoms with Crippen LogP contribution in [-0.2, 0) is 0 Å². The van der Waals surface area contributed by atoms with Crippen LogP contribution in [0.25, 0.3) is 0 Å². The summed E-state index contributed by atoms with van der Waals surface area (Å²) in [5.41, 5.74) is 22.7. The second kappa shape index (κ2) is 20.3. The van der Waals surface area contributed by atoms with E-state index in [4.69, 9.17) is 22.9 Å². The van der Waals surface area contributed by atoms with Gasteiger partial charge in [0.05, 0.1) is 0 Å². The molecule has 0 amide bonds. The van der Waals surface area contributed by atoms with E-state index in [1.165, 1.54) is 0 Å². The zero-order valence-electron chi connectivity index (χ0n) is 10.8. The minimum atomic E-state index is -0.0852. The summed E-state index contributed by atoms with van der Waals surface area (Å²) in [5, 5.41) is 0. The van der Waals surface area contributed by atoms with E-state index < -0.39 is 0 Å². The van der Waals surface area contributed by atoms with E-state index >= 15 is 0 Å². The number of rotatable bonds is 9. The summed E-state index contributed by atoms with van der Waals surface area (Å²) < 4.78 is 0. The van der Waals surface area contributed by atoms with Crippen molar-refractivity contribution in [3.63, 3.8) is 0 Å². The molecule has 118 valence electrons. The smallest absolute Gasteiger partial charge is 0.0155 e. The molecule has 0 saturated carbocycles. The van der Waals surface area contributed by atoms with Crippen molar-refractivity contribution in [2.24, 2.45) is 22.9 Å². The van der Waals surface area contributed by atoms with Gasteiger partial charge in [-0.25, -0.2) is 0 Å². The minimum Gasteiger partial charge on any atom is -0.330 e. The lowest BCUT2D eigenvalue weighted by molar-refractivity contribution is 0.321. The maximum atomic E-state index is 6.29. The SMILES string of the molecule is Cl.Cl.Cl.Cl.NCCCC(N)(CCCN)CCCN. The molecular formula is C10H30Cl4N4. The average molecular weight is 348 g/mol. The van der Waals surface area contributed by atoms with E-state index in [1.807, 2.05) is 0 Å². The van der Waals surface area contributed by atoms with Crippen LogP contribution >= 0.6 is 49.6 Å². The molecule has 0 aromatic rings. The summed E-state index contributed by atoms with van der Waals surface area (Å²) in [6, 6.07) is 0. The molecule has 0 aromatic heterocycles. The fourth-order valence-electron chi connectivity index (χ4n) is 1.74. The summed E-state index contributed by atoms with van der Waals surface area (Å²) in [6.45, 7) is 2.14. The summed E-state index contributed by atoms with van der Waals surface area (Å²) in [6.07, 6.45) is 5.94. The van der Waals surface area contributed by atoms with Gasteiger partial charge in [-0.05, 0) is 58.2 Å². The fraction of sp³-hybridized carbons (Fsp3) is 1.00. The van der Waals surface area contributed by atoms with Crippen molar-refractivity contribution < 1.29 is 0 Å². The van der Waals surface area contributed by atoms with E-state index in [0.717, 1.165) is 38.5 Å². The zero-order valence-corrected chi connectivity index (χ0v) is 14.1. The first-order valence-corrected chi connectivity index (χ1v) is 5.57. The van der Waals surface area contributed by atoms with Crippen LogP contribution in [-0.4, -0.2) is 25.2 Å². The molecule has 0 atom stereocenters. The highest BCUT2D eigenvalue weighted by molar-refractivity contribution is 5.86. The van der Waals surface area contributed by atoms with Crippen LogP contribution in [0.3, 0.4) is 0 Å². The minimum absolute atomic E-state index is 0. The topological polar surface area (TPSA) is 104 Å². The molecule has 0 fully saturated rings. The fourth-order valence-corrected chi connectivity index (χ4v) is 1.74. The zero-order chi connectivity index (χ0) is 10.9. The molecule has 0 rings (SSSR count). The van der Waals surface area contributed by atoms with Crippen molar-refractivity contribution in [1.29, 1.82) is 0 Å². The van der Waals surface area contributed by atoms with Crippen molar-refractivity contribution in [3.8, 4) is 0 Å². The highest BCUT2D eigenvalue weighted by atomic mass is 35.5. The van der Waals surface area contributed by atoms with Gasteiger partial charge < -0.3 is 22.9 Å². The lowest BCUT2D eigenvalue weighted by Crippen LogP contribution is -2.41. The molecule has 0 heterocycles. The van der Waals surface area contributed by atoms with Gasteiger partial charge in [-0.3, -0.25) is 0 Å². The van der Waals surface area contributed by atoms with Gasteiger partial charge in [-0.1, -0.05) is 0 Å². The van der Waals surface area contributed by atoms with Crippen LogP contribution in [0.2, 0.25) is 0 Å². The molecule has 8 heteroatoms. The molecule has 4 nitrogen and oxygen atoms in total. The maximum Gasteiger partial charge on any atom is 0.0155 e. The second-order valence-corrected chi connectivity index (χ2v) is 4.04. The van der Waals surface area contributed by atoms with Gasteiger partial charge in [-0.15, -0.1) is 49.6 Å². The Morgan fingerprint density at radius 1 is 0.556 bits per heavy atom. The number of hydrogen-bond donors (Lipinski definition) is 4. The standard InChI is InChI=1S/C10H26N4.4ClH/c11-7-1-4-10(14,5-2-8-12)6-3-9-13;;;;/h1-9,11-14H2;4*1H. The molecule has 0 aromatic carbocycles. The Hall–Kier alpha value is 1.000. The van der Waals surface area contributed by atoms with E-state index in [-0.39, 0.29) is 55.2 Å². The van der Waals surface area contributed by atoms with Gasteiger partial charge in [0, 0.05) is 5.54 Å². The molecule has 0 aliphatic rings. The third kappa shape index (κ3) is 17.0. The second-order valence-electron chi connectivity index (χ2n) is 4.04. The van der Waals surface area contributed by atoms with Crippen LogP contribution in [0.15, 0.2) is 0 Å². The molecule has 0 bridgehead atoms. The largest absolute Gasteiger partial charge is 0.330 e. The summed E-state index contributed by atoms with van der Waals surface area (Å²) >= 11 is 0. The lowest BCUT2D eigenvalue weighted by Gasteiger charge is -2.29. The monoisotopic (exact) mass is 346 g/mol. The first-order chi connectivity index (χ1) is 6.68. The summed E-state index contributed by atoms with van der Waals surface area (Å²) in [7, 11) is 0. The van der Waals surface area contributed by atoms with Gasteiger partial charge in [0.1, 0.15) is 0 Å². The van der Waals surface area contributed by atoms with Gasteiger partial charge >= 0.3 is 0 Å². The Balaban J connectivity index is -0.000000141. The van der Waals surface area contributed by atoms with E-state index in [0.29, 0.717) is 19.6 Å². The molecule has 0 spiro atoms. The molecule has 8 N–H and O–H groups in total. The number of hydrogen-bond acceptors (Lipinski definition) is 4. The van der Waals surface area contributed by atoms with Crippen LogP contribution in [0, 0.1) is 0 Å². The van der Waals surface area contributed by atoms with Gasteiger partial charge in [0.25, 0.3) is 0 Å². The first-order valence-electron chi connectivity index (χ1n) is 5.57. The highest BCUT2D eigenvalue weighted by Crippen LogP contribution is 2.21. The Morgan fingerprint density at radius 3 is 0.944 bits per heavy atom. The predicted molar refractivity (Wildman–Crippen MR) is 90.8 cm³/mol. The Morgan fingerprint density at radius 2 is 0.778 bits per heavy atom. The average Bonchev–Trinajstić information content (AvgIpc) is 2.21. The van der Waals surface area contributed by atoms with Crippen molar-refractivity contribution in [2.45, 2.75) is 44.1 Å². The predicted octanol–water partition coefficient (Wildman–Crippen LogP) is 1.59. The van der Waals surface area contributed by atoms with E-state index in [9.17, 15) is 0 Å². The summed E-state index contributed by atoms with van der Waals surface area (Å²) in [5.74, 6) is 0. The molecular weight excluding hydrogens is 318 g/mol. The molecule has 0 aliphatic heterocycles. The molecule has 18 heavy (non-hydrogen) atoms. The Bertz CT molecular complexity index is 119. The van der Waals surface area contributed by atoms with Crippen molar-refractivity contribution in [2.75, 3.05) is 19.6 Å². The number of halogens is 4. The van der Waals surface area contributed by atoms with E-state index in [2.05, 4.69) is 0 Å². The first kappa shape index (κ1) is 31.4. The Labute approximate surface area is 136 Å². The Kier molecular flexibility index (Phi) is 35.5. The van der Waals surface area contributed by atoms with Crippen molar-refractivity contribution >= 4 is 49.6 Å². The third-order valence-electron chi connectivity index (χ3n) is 2.64.